The van der Waals surface area contributed by atoms with Crippen molar-refractivity contribution in [3.05, 3.63) is 94.8 Å². The molecule has 2 atom stereocenters. The van der Waals surface area contributed by atoms with E-state index in [1.165, 1.54) is 46.0 Å². The fraction of sp³-hybridized carbons (Fsp3) is 0.424. The molecule has 2 saturated heterocycles. The van der Waals surface area contributed by atoms with Crippen molar-refractivity contribution < 1.29 is 35.6 Å². The summed E-state index contributed by atoms with van der Waals surface area (Å²) in [5.41, 5.74) is 0.825. The molecule has 3 N–H and O–H groups in total. The molecule has 1 aromatic heterocycles. The number of carbonyl (C=O) groups is 2. The van der Waals surface area contributed by atoms with E-state index in [0.717, 1.165) is 18.3 Å². The summed E-state index contributed by atoms with van der Waals surface area (Å²) < 4.78 is 87.4. The number of rotatable bonds is 11. The number of pyridine rings is 1. The second-order valence-corrected chi connectivity index (χ2v) is 14.0. The summed E-state index contributed by atoms with van der Waals surface area (Å²) >= 11 is 0. The van der Waals surface area contributed by atoms with Crippen molar-refractivity contribution in [1.29, 1.82) is 0 Å². The van der Waals surface area contributed by atoms with E-state index in [4.69, 9.17) is 0 Å². The van der Waals surface area contributed by atoms with Gasteiger partial charge in [-0.3, -0.25) is 14.6 Å². The highest BCUT2D eigenvalue weighted by atomic mass is 32.2. The fourth-order valence-electron chi connectivity index (χ4n) is 6.38. The minimum Gasteiger partial charge on any atom is -0.354 e. The Kier molecular flexibility index (Phi) is 11.5. The maximum Gasteiger partial charge on any atom is 0.282 e. The normalized spacial score (nSPS) is 18.7. The number of benzene rings is 2. The lowest BCUT2D eigenvalue weighted by Gasteiger charge is -2.40. The average molecular weight is 691 g/mol. The van der Waals surface area contributed by atoms with Gasteiger partial charge in [0.05, 0.1) is 18.1 Å². The maximum absolute atomic E-state index is 15.2. The minimum atomic E-state index is -3.84. The van der Waals surface area contributed by atoms with Crippen LogP contribution in [0.25, 0.3) is 0 Å². The van der Waals surface area contributed by atoms with Crippen LogP contribution in [-0.2, 0) is 26.2 Å². The number of hydrogen-bond donors (Lipinski definition) is 3. The van der Waals surface area contributed by atoms with Gasteiger partial charge in [-0.15, -0.1) is 0 Å². The SMILES string of the molecule is CC(=O)NC1CCN(S(=O)(=O)N2CCNC[C@@H]2CCc2c(F)cncc2NC(=O)C[C@@H](c2ccc(F)cc2)c2cc(F)cc(F)c2)CC1. The average Bonchev–Trinajstić information content (AvgIpc) is 3.03. The Morgan fingerprint density at radius 1 is 0.958 bits per heavy atom. The van der Waals surface area contributed by atoms with Crippen molar-refractivity contribution >= 4 is 27.7 Å². The minimum absolute atomic E-state index is 0.0729. The molecule has 0 bridgehead atoms. The Morgan fingerprint density at radius 3 is 2.31 bits per heavy atom. The predicted molar refractivity (Wildman–Crippen MR) is 171 cm³/mol. The molecule has 0 unspecified atom stereocenters. The van der Waals surface area contributed by atoms with Gasteiger partial charge in [-0.2, -0.15) is 17.0 Å². The molecular weight excluding hydrogens is 652 g/mol. The molecule has 48 heavy (non-hydrogen) atoms. The lowest BCUT2D eigenvalue weighted by molar-refractivity contribution is -0.120. The number of aromatic nitrogens is 1. The first kappa shape index (κ1) is 35.4. The van der Waals surface area contributed by atoms with Gasteiger partial charge in [-0.05, 0) is 61.1 Å². The number of piperidine rings is 1. The van der Waals surface area contributed by atoms with Gasteiger partial charge in [0.25, 0.3) is 10.2 Å². The van der Waals surface area contributed by atoms with Gasteiger partial charge >= 0.3 is 0 Å². The van der Waals surface area contributed by atoms with Gasteiger partial charge in [0.1, 0.15) is 23.3 Å². The number of nitrogens with one attached hydrogen (secondary N) is 3. The number of carbonyl (C=O) groups excluding carboxylic acids is 2. The standard InChI is InChI=1S/C33H38F4N6O4S/c1-21(44)40-27-8-11-42(12-9-27)48(46,47)43-13-10-38-18-28(43)6-7-29-31(37)19-39-20-32(29)41-33(45)17-30(22-2-4-24(34)5-3-22)23-14-25(35)16-26(36)15-23/h2-5,14-16,19-20,27-28,30,38H,6-13,17-18H2,1H3,(H,40,44)(H,41,45)/t28-,30-/m0/s1. The number of piperazine rings is 1. The summed E-state index contributed by atoms with van der Waals surface area (Å²) in [4.78, 5) is 28.7. The van der Waals surface area contributed by atoms with Crippen molar-refractivity contribution in [3.8, 4) is 0 Å². The third-order valence-electron chi connectivity index (χ3n) is 8.74. The summed E-state index contributed by atoms with van der Waals surface area (Å²) in [5, 5.41) is 8.72. The molecule has 10 nitrogen and oxygen atoms in total. The summed E-state index contributed by atoms with van der Waals surface area (Å²) in [6, 6.07) is 7.54. The molecule has 0 aliphatic carbocycles. The van der Waals surface area contributed by atoms with E-state index in [1.54, 1.807) is 0 Å². The zero-order valence-electron chi connectivity index (χ0n) is 26.4. The van der Waals surface area contributed by atoms with Crippen LogP contribution in [0.15, 0.2) is 54.9 Å². The Bertz CT molecular complexity index is 1700. The first-order chi connectivity index (χ1) is 22.9. The molecule has 2 amide bonds. The number of hydrogen-bond acceptors (Lipinski definition) is 6. The molecule has 258 valence electrons. The molecular formula is C33H38F4N6O4S. The Morgan fingerprint density at radius 2 is 1.65 bits per heavy atom. The number of nitrogens with zero attached hydrogens (tertiary/aromatic N) is 3. The molecule has 3 heterocycles. The summed E-state index contributed by atoms with van der Waals surface area (Å²) in [6.07, 6.45) is 3.30. The van der Waals surface area contributed by atoms with Crippen molar-refractivity contribution in [1.82, 2.24) is 24.2 Å². The van der Waals surface area contributed by atoms with Crippen molar-refractivity contribution in [2.24, 2.45) is 0 Å². The van der Waals surface area contributed by atoms with Crippen LogP contribution >= 0.6 is 0 Å². The van der Waals surface area contributed by atoms with Crippen LogP contribution in [0.2, 0.25) is 0 Å². The van der Waals surface area contributed by atoms with E-state index >= 15 is 4.39 Å². The third-order valence-corrected chi connectivity index (χ3v) is 10.8. The zero-order chi connectivity index (χ0) is 34.4. The lowest BCUT2D eigenvalue weighted by Crippen LogP contribution is -2.59. The Hall–Kier alpha value is -3.92. The molecule has 2 aliphatic heterocycles. The molecule has 5 rings (SSSR count). The van der Waals surface area contributed by atoms with E-state index in [0.29, 0.717) is 37.6 Å². The van der Waals surface area contributed by atoms with Crippen molar-refractivity contribution in [3.63, 3.8) is 0 Å². The Labute approximate surface area is 277 Å². The van der Waals surface area contributed by atoms with E-state index in [2.05, 4.69) is 20.9 Å². The topological polar surface area (TPSA) is 124 Å². The highest BCUT2D eigenvalue weighted by Crippen LogP contribution is 2.31. The van der Waals surface area contributed by atoms with Crippen LogP contribution in [0.5, 0.6) is 0 Å². The van der Waals surface area contributed by atoms with E-state index in [1.807, 2.05) is 0 Å². The fourth-order valence-corrected chi connectivity index (χ4v) is 8.23. The van der Waals surface area contributed by atoms with Crippen molar-refractivity contribution in [2.45, 2.75) is 57.0 Å². The van der Waals surface area contributed by atoms with E-state index in [-0.39, 0.29) is 67.7 Å². The van der Waals surface area contributed by atoms with Gasteiger partial charge in [0.15, 0.2) is 0 Å². The first-order valence-corrected chi connectivity index (χ1v) is 17.2. The summed E-state index contributed by atoms with van der Waals surface area (Å²) in [7, 11) is -3.84. The highest BCUT2D eigenvalue weighted by Gasteiger charge is 2.38. The monoisotopic (exact) mass is 690 g/mol. The highest BCUT2D eigenvalue weighted by molar-refractivity contribution is 7.86. The molecule has 2 fully saturated rings. The van der Waals surface area contributed by atoms with Gasteiger partial charge in [0, 0.05) is 75.7 Å². The Balaban J connectivity index is 1.29. The largest absolute Gasteiger partial charge is 0.354 e. The van der Waals surface area contributed by atoms with E-state index < -0.39 is 51.3 Å². The predicted octanol–water partition coefficient (Wildman–Crippen LogP) is 3.85. The van der Waals surface area contributed by atoms with Gasteiger partial charge in [0.2, 0.25) is 11.8 Å². The van der Waals surface area contributed by atoms with Crippen LogP contribution in [0, 0.1) is 23.3 Å². The third kappa shape index (κ3) is 8.75. The summed E-state index contributed by atoms with van der Waals surface area (Å²) in [5.74, 6) is -4.49. The van der Waals surface area contributed by atoms with Gasteiger partial charge in [-0.25, -0.2) is 17.6 Å². The van der Waals surface area contributed by atoms with Crippen LogP contribution in [0.1, 0.15) is 55.2 Å². The van der Waals surface area contributed by atoms with Crippen LogP contribution in [0.3, 0.4) is 0 Å². The molecule has 2 aliphatic rings. The first-order valence-electron chi connectivity index (χ1n) is 15.8. The number of halogens is 4. The maximum atomic E-state index is 15.2. The van der Waals surface area contributed by atoms with Crippen LogP contribution in [0.4, 0.5) is 23.2 Å². The molecule has 0 spiro atoms. The second-order valence-electron chi connectivity index (χ2n) is 12.1. The lowest BCUT2D eigenvalue weighted by atomic mass is 9.88. The van der Waals surface area contributed by atoms with E-state index in [9.17, 15) is 31.2 Å². The number of anilines is 1. The van der Waals surface area contributed by atoms with Crippen LogP contribution < -0.4 is 16.0 Å². The smallest absolute Gasteiger partial charge is 0.282 e. The molecule has 15 heteroatoms. The number of amides is 2. The van der Waals surface area contributed by atoms with Crippen molar-refractivity contribution in [2.75, 3.05) is 38.0 Å². The van der Waals surface area contributed by atoms with Gasteiger partial charge < -0.3 is 16.0 Å². The second kappa shape index (κ2) is 15.5. The zero-order valence-corrected chi connectivity index (χ0v) is 27.2. The molecule has 0 radical (unpaired) electrons. The van der Waals surface area contributed by atoms with Crippen LogP contribution in [-0.4, -0.2) is 78.6 Å². The quantitative estimate of drug-likeness (QED) is 0.263. The molecule has 3 aromatic rings. The summed E-state index contributed by atoms with van der Waals surface area (Å²) in [6.45, 7) is 2.98. The molecule has 0 saturated carbocycles. The molecule has 2 aromatic carbocycles. The van der Waals surface area contributed by atoms with Gasteiger partial charge in [-0.1, -0.05) is 12.1 Å².